The normalized spacial score (nSPS) is 11.9. The average molecular weight is 424 g/mol. The number of benzene rings is 2. The van der Waals surface area contributed by atoms with Crippen molar-refractivity contribution in [3.8, 4) is 17.6 Å². The van der Waals surface area contributed by atoms with Crippen LogP contribution in [0.15, 0.2) is 47.4 Å². The van der Waals surface area contributed by atoms with Gasteiger partial charge < -0.3 is 4.74 Å². The second kappa shape index (κ2) is 9.97. The van der Waals surface area contributed by atoms with Crippen molar-refractivity contribution in [1.82, 2.24) is 10.2 Å². The highest BCUT2D eigenvalue weighted by Crippen LogP contribution is 2.17. The van der Waals surface area contributed by atoms with Gasteiger partial charge >= 0.3 is 0 Å². The zero-order valence-corrected chi connectivity index (χ0v) is 16.1. The predicted molar refractivity (Wildman–Crippen MR) is 99.5 cm³/mol. The largest absolute Gasteiger partial charge is 0.481 e. The Bertz CT molecular complexity index is 1030. The molecule has 0 aliphatic heterocycles. The molecule has 0 bridgehead atoms. The van der Waals surface area contributed by atoms with E-state index in [1.165, 1.54) is 35.8 Å². The Kier molecular flexibility index (Phi) is 7.67. The molecule has 7 nitrogen and oxygen atoms in total. The molecule has 29 heavy (non-hydrogen) atoms. The van der Waals surface area contributed by atoms with Crippen LogP contribution in [0.3, 0.4) is 0 Å². The summed E-state index contributed by atoms with van der Waals surface area (Å²) in [5.41, 5.74) is 1.51. The number of hydroxylamine groups is 1. The summed E-state index contributed by atoms with van der Waals surface area (Å²) >= 11 is 0. The Morgan fingerprint density at radius 3 is 2.45 bits per heavy atom. The van der Waals surface area contributed by atoms with Crippen LogP contribution in [0.4, 0.5) is 8.78 Å². The fourth-order valence-electron chi connectivity index (χ4n) is 2.33. The number of ether oxygens (including phenoxy) is 1. The first-order valence-corrected chi connectivity index (χ1v) is 9.78. The predicted octanol–water partition coefficient (Wildman–Crippen LogP) is 1.76. The van der Waals surface area contributed by atoms with Gasteiger partial charge in [0.25, 0.3) is 5.91 Å². The Morgan fingerprint density at radius 1 is 1.17 bits per heavy atom. The van der Waals surface area contributed by atoms with Crippen molar-refractivity contribution < 1.29 is 31.9 Å². The van der Waals surface area contributed by atoms with E-state index in [9.17, 15) is 22.0 Å². The molecule has 1 unspecified atom stereocenters. The van der Waals surface area contributed by atoms with E-state index in [0.717, 1.165) is 12.1 Å². The van der Waals surface area contributed by atoms with Crippen LogP contribution in [0.2, 0.25) is 0 Å². The summed E-state index contributed by atoms with van der Waals surface area (Å²) in [6.45, 7) is 1.80. The minimum absolute atomic E-state index is 0.147. The van der Waals surface area contributed by atoms with Crippen LogP contribution in [-0.4, -0.2) is 32.2 Å². The third-order valence-electron chi connectivity index (χ3n) is 3.77. The first-order valence-electron chi connectivity index (χ1n) is 8.29. The standard InChI is InChI=1S/C19H18F2N2O5S/c1-2-3-10-28-14-5-7-15(8-6-14)29(26,27)23-18(19(24)22-25)12-13-4-9-16(20)17(21)11-13/h4-9,11,18,23,25H,10,12H2,1H3,(H,22,24). The molecule has 154 valence electrons. The molecule has 0 aliphatic carbocycles. The van der Waals surface area contributed by atoms with E-state index in [1.54, 1.807) is 6.92 Å². The van der Waals surface area contributed by atoms with Crippen molar-refractivity contribution in [2.45, 2.75) is 24.3 Å². The summed E-state index contributed by atoms with van der Waals surface area (Å²) in [6, 6.07) is 6.80. The van der Waals surface area contributed by atoms with Crippen LogP contribution < -0.4 is 14.9 Å². The van der Waals surface area contributed by atoms with Crippen LogP contribution in [0.1, 0.15) is 12.5 Å². The lowest BCUT2D eigenvalue weighted by molar-refractivity contribution is -0.130. The molecule has 0 fully saturated rings. The molecule has 0 radical (unpaired) electrons. The molecule has 1 atom stereocenters. The van der Waals surface area contributed by atoms with Crippen LogP contribution in [0.25, 0.3) is 0 Å². The number of sulfonamides is 1. The highest BCUT2D eigenvalue weighted by molar-refractivity contribution is 7.89. The molecule has 0 spiro atoms. The lowest BCUT2D eigenvalue weighted by atomic mass is 10.1. The number of nitrogens with one attached hydrogen (secondary N) is 2. The smallest absolute Gasteiger partial charge is 0.261 e. The lowest BCUT2D eigenvalue weighted by Gasteiger charge is -2.17. The molecule has 2 aromatic rings. The highest BCUT2D eigenvalue weighted by Gasteiger charge is 2.26. The Balaban J connectivity index is 2.18. The maximum absolute atomic E-state index is 13.4. The Labute approximate surface area is 166 Å². The second-order valence-corrected chi connectivity index (χ2v) is 7.50. The molecule has 3 N–H and O–H groups in total. The third kappa shape index (κ3) is 6.25. The highest BCUT2D eigenvalue weighted by atomic mass is 32.2. The molecule has 10 heteroatoms. The van der Waals surface area contributed by atoms with Gasteiger partial charge in [-0.1, -0.05) is 12.0 Å². The summed E-state index contributed by atoms with van der Waals surface area (Å²) in [4.78, 5) is 11.7. The van der Waals surface area contributed by atoms with E-state index < -0.39 is 33.6 Å². The molecule has 0 aliphatic rings. The maximum atomic E-state index is 13.4. The summed E-state index contributed by atoms with van der Waals surface area (Å²) in [5, 5.41) is 8.89. The maximum Gasteiger partial charge on any atom is 0.261 e. The van der Waals surface area contributed by atoms with Gasteiger partial charge in [0.2, 0.25) is 10.0 Å². The fourth-order valence-corrected chi connectivity index (χ4v) is 3.53. The monoisotopic (exact) mass is 424 g/mol. The van der Waals surface area contributed by atoms with Gasteiger partial charge in [-0.15, -0.1) is 5.92 Å². The summed E-state index contributed by atoms with van der Waals surface area (Å²) in [5.74, 6) is 2.47. The summed E-state index contributed by atoms with van der Waals surface area (Å²) < 4.78 is 59.0. The van der Waals surface area contributed by atoms with Crippen LogP contribution in [0.5, 0.6) is 5.75 Å². The molecule has 0 aromatic heterocycles. The van der Waals surface area contributed by atoms with Gasteiger partial charge in [-0.25, -0.2) is 22.7 Å². The quantitative estimate of drug-likeness (QED) is 0.340. The zero-order chi connectivity index (χ0) is 21.4. The number of halogens is 2. The molecular formula is C19H18F2N2O5S. The van der Waals surface area contributed by atoms with Gasteiger partial charge in [0.15, 0.2) is 11.6 Å². The number of carbonyl (C=O) groups is 1. The van der Waals surface area contributed by atoms with E-state index in [4.69, 9.17) is 9.94 Å². The number of rotatable bonds is 8. The third-order valence-corrected chi connectivity index (χ3v) is 5.26. The topological polar surface area (TPSA) is 105 Å². The molecule has 0 heterocycles. The molecular weight excluding hydrogens is 406 g/mol. The Morgan fingerprint density at radius 2 is 1.86 bits per heavy atom. The average Bonchev–Trinajstić information content (AvgIpc) is 2.70. The minimum Gasteiger partial charge on any atom is -0.481 e. The molecule has 0 saturated carbocycles. The zero-order valence-electron chi connectivity index (χ0n) is 15.3. The van der Waals surface area contributed by atoms with Gasteiger partial charge in [0.1, 0.15) is 18.4 Å². The van der Waals surface area contributed by atoms with Crippen molar-refractivity contribution in [2.24, 2.45) is 0 Å². The first kappa shape index (κ1) is 22.3. The van der Waals surface area contributed by atoms with Crippen molar-refractivity contribution in [3.05, 3.63) is 59.7 Å². The molecule has 2 rings (SSSR count). The van der Waals surface area contributed by atoms with Crippen molar-refractivity contribution in [2.75, 3.05) is 6.61 Å². The summed E-state index contributed by atoms with van der Waals surface area (Å²) in [6.07, 6.45) is -0.320. The molecule has 2 aromatic carbocycles. The van der Waals surface area contributed by atoms with Crippen molar-refractivity contribution >= 4 is 15.9 Å². The van der Waals surface area contributed by atoms with E-state index in [-0.39, 0.29) is 23.5 Å². The van der Waals surface area contributed by atoms with E-state index >= 15 is 0 Å². The van der Waals surface area contributed by atoms with Gasteiger partial charge in [0, 0.05) is 0 Å². The van der Waals surface area contributed by atoms with Crippen molar-refractivity contribution in [3.63, 3.8) is 0 Å². The molecule has 0 saturated heterocycles. The van der Waals surface area contributed by atoms with Crippen LogP contribution >= 0.6 is 0 Å². The number of carbonyl (C=O) groups excluding carboxylic acids is 1. The number of hydrogen-bond acceptors (Lipinski definition) is 5. The van der Waals surface area contributed by atoms with Crippen molar-refractivity contribution in [1.29, 1.82) is 0 Å². The Hall–Kier alpha value is -3.00. The molecule has 1 amide bonds. The fraction of sp³-hybridized carbons (Fsp3) is 0.211. The lowest BCUT2D eigenvalue weighted by Crippen LogP contribution is -2.47. The SMILES string of the molecule is CC#CCOc1ccc(S(=O)(=O)NC(Cc2ccc(F)c(F)c2)C(=O)NO)cc1. The van der Waals surface area contributed by atoms with Gasteiger partial charge in [-0.3, -0.25) is 10.0 Å². The van der Waals surface area contributed by atoms with E-state index in [2.05, 4.69) is 16.6 Å². The second-order valence-electron chi connectivity index (χ2n) is 5.79. The van der Waals surface area contributed by atoms with E-state index in [1.807, 2.05) is 0 Å². The van der Waals surface area contributed by atoms with Crippen LogP contribution in [0, 0.1) is 23.5 Å². The summed E-state index contributed by atoms with van der Waals surface area (Å²) in [7, 11) is -4.17. The van der Waals surface area contributed by atoms with Gasteiger partial charge in [-0.2, -0.15) is 4.72 Å². The number of amides is 1. The minimum atomic E-state index is -4.17. The van der Waals surface area contributed by atoms with Crippen LogP contribution in [-0.2, 0) is 21.2 Å². The first-order chi connectivity index (χ1) is 13.8. The number of hydrogen-bond donors (Lipinski definition) is 3. The van der Waals surface area contributed by atoms with Gasteiger partial charge in [0.05, 0.1) is 4.90 Å². The van der Waals surface area contributed by atoms with Gasteiger partial charge in [-0.05, 0) is 55.3 Å². The van der Waals surface area contributed by atoms with E-state index in [0.29, 0.717) is 5.75 Å².